The summed E-state index contributed by atoms with van der Waals surface area (Å²) in [6.07, 6.45) is 5.33. The topological polar surface area (TPSA) is 254 Å². The summed E-state index contributed by atoms with van der Waals surface area (Å²) >= 11 is 12.3. The highest BCUT2D eigenvalue weighted by molar-refractivity contribution is 7.80. The third-order valence-electron chi connectivity index (χ3n) is 2.79. The van der Waals surface area contributed by atoms with E-state index in [0.717, 1.165) is 0 Å². The first-order chi connectivity index (χ1) is 13.2. The Morgan fingerprint density at radius 2 is 0.767 bits per heavy atom. The molecule has 184 valence electrons. The van der Waals surface area contributed by atoms with E-state index in [9.17, 15) is 0 Å². The number of hydrogen-bond donors (Lipinski definition) is 6. The number of nitrogens with zero attached hydrogens (tertiary/aromatic N) is 2. The molecule has 0 aliphatic heterocycles. The van der Waals surface area contributed by atoms with Crippen LogP contribution in [0.25, 0.3) is 0 Å². The molecule has 0 aliphatic carbocycles. The molecule has 0 heterocycles. The summed E-state index contributed by atoms with van der Waals surface area (Å²) in [5.74, 6) is 0. The van der Waals surface area contributed by atoms with Crippen molar-refractivity contribution in [3.63, 3.8) is 0 Å². The fourth-order valence-corrected chi connectivity index (χ4v) is 2.57. The lowest BCUT2D eigenvalue weighted by atomic mass is 10.2. The van der Waals surface area contributed by atoms with Gasteiger partial charge >= 0.3 is 0 Å². The van der Waals surface area contributed by atoms with Crippen LogP contribution in [0.3, 0.4) is 0 Å². The molecular weight excluding hydrogens is 452 g/mol. The van der Waals surface area contributed by atoms with Crippen LogP contribution in [-0.4, -0.2) is 56.6 Å². The Morgan fingerprint density at radius 1 is 0.667 bits per heavy atom. The van der Waals surface area contributed by atoms with E-state index in [2.05, 4.69) is 98.8 Å². The first-order valence-electron chi connectivity index (χ1n) is 8.99. The molecule has 0 aromatic carbocycles. The smallest absolute Gasteiger partial charge is 0.160 e. The number of thiocarbonyl (C=S) groups is 3. The molecule has 0 bridgehead atoms. The van der Waals surface area contributed by atoms with Gasteiger partial charge in [0.2, 0.25) is 0 Å². The van der Waals surface area contributed by atoms with Crippen molar-refractivity contribution < 1.29 is 15.0 Å². The highest BCUT2D eigenvalue weighted by Crippen LogP contribution is 2.12. The van der Waals surface area contributed by atoms with Gasteiger partial charge in [0.1, 0.15) is 0 Å². The van der Waals surface area contributed by atoms with Crippen molar-refractivity contribution >= 4 is 52.0 Å². The van der Waals surface area contributed by atoms with Crippen LogP contribution >= 0.6 is 36.7 Å². The van der Waals surface area contributed by atoms with Crippen LogP contribution in [0.1, 0.15) is 53.4 Å². The van der Waals surface area contributed by atoms with E-state index < -0.39 is 5.09 Å². The molecule has 0 atom stereocenters. The summed E-state index contributed by atoms with van der Waals surface area (Å²) in [4.78, 5) is 8.25. The predicted molar refractivity (Wildman–Crippen MR) is 138 cm³/mol. The second kappa shape index (κ2) is 31.9. The van der Waals surface area contributed by atoms with Crippen LogP contribution in [-0.2, 0) is 0 Å². The predicted octanol–water partition coefficient (Wildman–Crippen LogP) is -0.0545. The molecule has 0 unspecified atom stereocenters. The van der Waals surface area contributed by atoms with E-state index in [4.69, 9.17) is 15.3 Å². The zero-order chi connectivity index (χ0) is 24.5. The van der Waals surface area contributed by atoms with Gasteiger partial charge in [-0.15, -0.1) is 0 Å². The van der Waals surface area contributed by atoms with Gasteiger partial charge in [-0.2, -0.15) is 0 Å². The van der Waals surface area contributed by atoms with Crippen LogP contribution in [0.4, 0.5) is 0 Å². The minimum absolute atomic E-state index is 0. The van der Waals surface area contributed by atoms with Crippen LogP contribution in [0.5, 0.6) is 0 Å². The van der Waals surface area contributed by atoms with Gasteiger partial charge in [-0.05, 0) is 62.3 Å². The van der Waals surface area contributed by atoms with Crippen LogP contribution in [0, 0.1) is 15.3 Å². The van der Waals surface area contributed by atoms with Gasteiger partial charge in [0.15, 0.2) is 15.3 Å². The van der Waals surface area contributed by atoms with Gasteiger partial charge in [-0.25, -0.2) is 0 Å². The van der Waals surface area contributed by atoms with Crippen LogP contribution in [0.15, 0.2) is 0 Å². The molecule has 0 aliphatic rings. The molecule has 0 rings (SSSR count). The molecular formula is C15H42N8O4S3. The van der Waals surface area contributed by atoms with Gasteiger partial charge < -0.3 is 59.7 Å². The molecule has 0 aromatic heterocycles. The van der Waals surface area contributed by atoms with Gasteiger partial charge in [0.05, 0.1) is 31.3 Å². The zero-order valence-electron chi connectivity index (χ0n) is 18.5. The van der Waals surface area contributed by atoms with Crippen LogP contribution in [0.2, 0.25) is 0 Å². The molecule has 30 heavy (non-hydrogen) atoms. The molecule has 12 nitrogen and oxygen atoms in total. The average Bonchev–Trinajstić information content (AvgIpc) is 2.45. The van der Waals surface area contributed by atoms with Crippen molar-refractivity contribution in [2.75, 3.05) is 26.2 Å². The van der Waals surface area contributed by atoms with Crippen molar-refractivity contribution in [3.05, 3.63) is 15.3 Å². The SMILES string of the molecule is CCC[N+](CCC)(CCC)CCC.NC(N)=S.NC(N)=S.NC(N)=S.O.O=[N+]([O-])[O-]. The van der Waals surface area contributed by atoms with E-state index in [1.165, 1.54) is 56.3 Å². The van der Waals surface area contributed by atoms with E-state index in [1.54, 1.807) is 0 Å². The second-order valence-electron chi connectivity index (χ2n) is 5.67. The Hall–Kier alpha value is -1.81. The highest BCUT2D eigenvalue weighted by Gasteiger charge is 2.22. The van der Waals surface area contributed by atoms with Gasteiger partial charge in [0, 0.05) is 0 Å². The Kier molecular flexibility index (Phi) is 45.0. The number of nitrogens with two attached hydrogens (primary N) is 6. The maximum absolute atomic E-state index is 8.25. The van der Waals surface area contributed by atoms with Crippen LogP contribution < -0.4 is 34.4 Å². The fraction of sp³-hybridized carbons (Fsp3) is 0.800. The Morgan fingerprint density at radius 3 is 0.833 bits per heavy atom. The van der Waals surface area contributed by atoms with Gasteiger partial charge in [-0.3, -0.25) is 0 Å². The van der Waals surface area contributed by atoms with E-state index in [1.807, 2.05) is 0 Å². The number of hydrogen-bond acceptors (Lipinski definition) is 6. The van der Waals surface area contributed by atoms with Crippen molar-refractivity contribution in [1.82, 2.24) is 0 Å². The van der Waals surface area contributed by atoms with Crippen molar-refractivity contribution in [1.29, 1.82) is 0 Å². The molecule has 15 heteroatoms. The Balaban J connectivity index is -0.0000000700. The first-order valence-corrected chi connectivity index (χ1v) is 10.2. The minimum atomic E-state index is -1.75. The summed E-state index contributed by atoms with van der Waals surface area (Å²) in [6, 6.07) is 0. The Labute approximate surface area is 196 Å². The maximum Gasteiger partial charge on any atom is 0.160 e. The normalized spacial score (nSPS) is 8.40. The third kappa shape index (κ3) is 82.5. The number of rotatable bonds is 8. The molecule has 14 N–H and O–H groups in total. The van der Waals surface area contributed by atoms with Gasteiger partial charge in [-0.1, -0.05) is 27.7 Å². The molecule has 0 aromatic rings. The molecule has 0 radical (unpaired) electrons. The Bertz CT molecular complexity index is 339. The lowest BCUT2D eigenvalue weighted by Gasteiger charge is -2.38. The average molecular weight is 495 g/mol. The van der Waals surface area contributed by atoms with Crippen molar-refractivity contribution in [3.8, 4) is 0 Å². The highest BCUT2D eigenvalue weighted by atomic mass is 32.1. The molecule has 0 fully saturated rings. The monoisotopic (exact) mass is 494 g/mol. The largest absolute Gasteiger partial charge is 0.412 e. The quantitative estimate of drug-likeness (QED) is 0.112. The summed E-state index contributed by atoms with van der Waals surface area (Å²) in [7, 11) is 0. The second-order valence-corrected chi connectivity index (χ2v) is 7.08. The number of quaternary nitrogens is 1. The molecule has 0 amide bonds. The van der Waals surface area contributed by atoms with Crippen molar-refractivity contribution in [2.24, 2.45) is 34.4 Å². The van der Waals surface area contributed by atoms with E-state index >= 15 is 0 Å². The molecule has 0 saturated heterocycles. The lowest BCUT2D eigenvalue weighted by molar-refractivity contribution is -0.928. The standard InChI is InChI=1S/C12H28N.3CH4N2S.NO3.H2O/c1-5-9-13(10-6-2,11-7-3)12-8-4;4*2-1(3)4;/h5-12H2,1-4H3;3*(H4,2,3,4);;1H2/q+1;;;;-1;. The summed E-state index contributed by atoms with van der Waals surface area (Å²) in [5, 5.41) is 14.8. The molecule has 0 saturated carbocycles. The first kappa shape index (κ1) is 42.3. The van der Waals surface area contributed by atoms with E-state index in [-0.39, 0.29) is 20.8 Å². The summed E-state index contributed by atoms with van der Waals surface area (Å²) in [6.45, 7) is 14.8. The summed E-state index contributed by atoms with van der Waals surface area (Å²) < 4.78 is 1.38. The molecule has 0 spiro atoms. The lowest BCUT2D eigenvalue weighted by Crippen LogP contribution is -2.50. The van der Waals surface area contributed by atoms with E-state index in [0.29, 0.717) is 0 Å². The van der Waals surface area contributed by atoms with Gasteiger partial charge in [0.25, 0.3) is 0 Å². The third-order valence-corrected chi connectivity index (χ3v) is 2.79. The summed E-state index contributed by atoms with van der Waals surface area (Å²) in [5.41, 5.74) is 27.7. The van der Waals surface area contributed by atoms with Crippen molar-refractivity contribution in [2.45, 2.75) is 53.4 Å². The maximum atomic E-state index is 8.25. The minimum Gasteiger partial charge on any atom is -0.412 e. The zero-order valence-corrected chi connectivity index (χ0v) is 20.9. The fourth-order valence-electron chi connectivity index (χ4n) is 2.57.